The van der Waals surface area contributed by atoms with Crippen LogP contribution in [0.25, 0.3) is 22.5 Å². The first-order valence-corrected chi connectivity index (χ1v) is 14.6. The van der Waals surface area contributed by atoms with Crippen LogP contribution in [0.15, 0.2) is 67.2 Å². The lowest BCUT2D eigenvalue weighted by atomic mass is 9.98. The number of aromatic amines is 1. The number of unbranched alkanes of at least 4 members (excludes halogenated alkanes) is 1. The SMILES string of the molecule is CCCCc1nc(C(C)C)c(Cc2nc(C3CC3)no2)c(=O)n1Cc1ccc(-c2ccccc2-c2noc(=O)[nH]2)cc1. The van der Waals surface area contributed by atoms with Crippen molar-refractivity contribution >= 4 is 0 Å². The zero-order chi connectivity index (χ0) is 29.2. The second-order valence-electron chi connectivity index (χ2n) is 11.2. The number of hydrogen-bond donors (Lipinski definition) is 1. The van der Waals surface area contributed by atoms with Crippen molar-refractivity contribution in [2.75, 3.05) is 0 Å². The third-order valence-corrected chi connectivity index (χ3v) is 7.66. The van der Waals surface area contributed by atoms with Gasteiger partial charge >= 0.3 is 5.76 Å². The van der Waals surface area contributed by atoms with Gasteiger partial charge in [0, 0.05) is 23.5 Å². The number of nitrogens with zero attached hydrogens (tertiary/aromatic N) is 5. The first-order valence-electron chi connectivity index (χ1n) is 14.6. The summed E-state index contributed by atoms with van der Waals surface area (Å²) in [5.74, 6) is 2.23. The van der Waals surface area contributed by atoms with Crippen LogP contribution in [-0.2, 0) is 19.4 Å². The lowest BCUT2D eigenvalue weighted by molar-refractivity contribution is 0.378. The smallest absolute Gasteiger partial charge is 0.339 e. The Labute approximate surface area is 242 Å². The summed E-state index contributed by atoms with van der Waals surface area (Å²) in [5.41, 5.74) is 4.95. The van der Waals surface area contributed by atoms with Gasteiger partial charge in [-0.25, -0.2) is 9.78 Å². The molecule has 0 saturated heterocycles. The van der Waals surface area contributed by atoms with Crippen LogP contribution < -0.4 is 11.3 Å². The lowest BCUT2D eigenvalue weighted by Crippen LogP contribution is -2.31. The molecule has 1 saturated carbocycles. The molecule has 0 unspecified atom stereocenters. The minimum atomic E-state index is -0.599. The van der Waals surface area contributed by atoms with Gasteiger partial charge < -0.3 is 4.52 Å². The lowest BCUT2D eigenvalue weighted by Gasteiger charge is -2.19. The van der Waals surface area contributed by atoms with Crippen molar-refractivity contribution in [1.29, 1.82) is 0 Å². The van der Waals surface area contributed by atoms with E-state index in [4.69, 9.17) is 14.0 Å². The molecule has 3 aromatic heterocycles. The van der Waals surface area contributed by atoms with Crippen molar-refractivity contribution in [3.63, 3.8) is 0 Å². The van der Waals surface area contributed by atoms with E-state index in [2.05, 4.69) is 41.1 Å². The molecule has 2 aromatic carbocycles. The Bertz CT molecular complexity index is 1810. The predicted molar refractivity (Wildman–Crippen MR) is 157 cm³/mol. The molecule has 0 atom stereocenters. The number of aromatic nitrogens is 6. The van der Waals surface area contributed by atoms with Crippen LogP contribution >= 0.6 is 0 Å². The monoisotopic (exact) mass is 566 g/mol. The largest absolute Gasteiger partial charge is 0.439 e. The predicted octanol–water partition coefficient (Wildman–Crippen LogP) is 5.62. The maximum absolute atomic E-state index is 14.1. The van der Waals surface area contributed by atoms with E-state index in [-0.39, 0.29) is 17.9 Å². The molecule has 0 spiro atoms. The van der Waals surface area contributed by atoms with Crippen molar-refractivity contribution < 1.29 is 9.05 Å². The van der Waals surface area contributed by atoms with E-state index in [0.29, 0.717) is 29.7 Å². The fourth-order valence-corrected chi connectivity index (χ4v) is 5.25. The van der Waals surface area contributed by atoms with Crippen molar-refractivity contribution in [1.82, 2.24) is 29.8 Å². The molecule has 0 amide bonds. The number of H-pyrrole nitrogens is 1. The highest BCUT2D eigenvalue weighted by molar-refractivity contribution is 5.80. The molecular weight excluding hydrogens is 532 g/mol. The van der Waals surface area contributed by atoms with E-state index < -0.39 is 5.76 Å². The van der Waals surface area contributed by atoms with E-state index in [1.807, 2.05) is 48.5 Å². The quantitative estimate of drug-likeness (QED) is 0.218. The molecular formula is C32H34N6O4. The second kappa shape index (κ2) is 11.7. The maximum atomic E-state index is 14.1. The first-order chi connectivity index (χ1) is 20.4. The average molecular weight is 567 g/mol. The Morgan fingerprint density at radius 3 is 2.40 bits per heavy atom. The Morgan fingerprint density at radius 2 is 1.74 bits per heavy atom. The second-order valence-corrected chi connectivity index (χ2v) is 11.2. The standard InChI is InChI=1S/C32H34N6O4/c1-4-5-10-26-33-28(19(2)3)25(17-27-34-29(36-41-27)22-15-16-22)31(39)38(26)18-20-11-13-21(14-12-20)23-8-6-7-9-24(23)30-35-32(40)42-37-30/h6-9,11-14,19,22H,4-5,10,15-18H2,1-3H3,(H,35,37,40). The van der Waals surface area contributed by atoms with E-state index in [9.17, 15) is 9.59 Å². The molecule has 1 aliphatic rings. The first kappa shape index (κ1) is 27.6. The highest BCUT2D eigenvalue weighted by Crippen LogP contribution is 2.38. The van der Waals surface area contributed by atoms with Gasteiger partial charge in [-0.05, 0) is 41.9 Å². The Balaban J connectivity index is 1.34. The molecule has 1 fully saturated rings. The third-order valence-electron chi connectivity index (χ3n) is 7.66. The third kappa shape index (κ3) is 5.74. The summed E-state index contributed by atoms with van der Waals surface area (Å²) >= 11 is 0. The van der Waals surface area contributed by atoms with Crippen LogP contribution in [0.4, 0.5) is 0 Å². The zero-order valence-electron chi connectivity index (χ0n) is 24.1. The van der Waals surface area contributed by atoms with Crippen LogP contribution in [0.3, 0.4) is 0 Å². The van der Waals surface area contributed by atoms with E-state index in [1.54, 1.807) is 4.57 Å². The average Bonchev–Trinajstić information content (AvgIpc) is 3.59. The van der Waals surface area contributed by atoms with Gasteiger partial charge in [0.15, 0.2) is 11.6 Å². The summed E-state index contributed by atoms with van der Waals surface area (Å²) in [7, 11) is 0. The van der Waals surface area contributed by atoms with Crippen molar-refractivity contribution in [3.8, 4) is 22.5 Å². The summed E-state index contributed by atoms with van der Waals surface area (Å²) in [6.07, 6.45) is 5.11. The number of aryl methyl sites for hydroxylation is 1. The van der Waals surface area contributed by atoms with Gasteiger partial charge in [-0.15, -0.1) is 0 Å². The Kier molecular flexibility index (Phi) is 7.69. The number of nitrogens with one attached hydrogen (secondary N) is 1. The molecule has 0 aliphatic heterocycles. The van der Waals surface area contributed by atoms with Gasteiger partial charge in [-0.1, -0.05) is 86.0 Å². The highest BCUT2D eigenvalue weighted by atomic mass is 16.5. The summed E-state index contributed by atoms with van der Waals surface area (Å²) in [5, 5.41) is 8.00. The number of hydrogen-bond acceptors (Lipinski definition) is 8. The van der Waals surface area contributed by atoms with Gasteiger partial charge in [0.2, 0.25) is 5.89 Å². The zero-order valence-corrected chi connectivity index (χ0v) is 24.1. The van der Waals surface area contributed by atoms with Crippen LogP contribution in [0.5, 0.6) is 0 Å². The topological polar surface area (TPSA) is 133 Å². The van der Waals surface area contributed by atoms with Gasteiger partial charge in [0.1, 0.15) is 5.82 Å². The van der Waals surface area contributed by atoms with Crippen LogP contribution in [0.2, 0.25) is 0 Å². The molecule has 1 N–H and O–H groups in total. The van der Waals surface area contributed by atoms with Gasteiger partial charge in [-0.3, -0.25) is 18.9 Å². The summed E-state index contributed by atoms with van der Waals surface area (Å²) in [4.78, 5) is 37.9. The molecule has 3 heterocycles. The van der Waals surface area contributed by atoms with Crippen molar-refractivity contribution in [2.45, 2.75) is 77.7 Å². The molecule has 1 aliphatic carbocycles. The van der Waals surface area contributed by atoms with Gasteiger partial charge in [0.05, 0.1) is 18.7 Å². The molecule has 0 radical (unpaired) electrons. The van der Waals surface area contributed by atoms with Crippen molar-refractivity contribution in [3.05, 3.63) is 104 Å². The summed E-state index contributed by atoms with van der Waals surface area (Å²) in [6, 6.07) is 15.7. The highest BCUT2D eigenvalue weighted by Gasteiger charge is 2.29. The van der Waals surface area contributed by atoms with E-state index in [0.717, 1.165) is 71.7 Å². The van der Waals surface area contributed by atoms with E-state index in [1.165, 1.54) is 0 Å². The molecule has 5 aromatic rings. The van der Waals surface area contributed by atoms with Crippen molar-refractivity contribution in [2.24, 2.45) is 0 Å². The fourth-order valence-electron chi connectivity index (χ4n) is 5.25. The van der Waals surface area contributed by atoms with Gasteiger partial charge in [0.25, 0.3) is 5.56 Å². The minimum absolute atomic E-state index is 0.0598. The molecule has 216 valence electrons. The van der Waals surface area contributed by atoms with Crippen LogP contribution in [0.1, 0.15) is 92.7 Å². The normalized spacial score (nSPS) is 13.2. The minimum Gasteiger partial charge on any atom is -0.339 e. The molecule has 42 heavy (non-hydrogen) atoms. The van der Waals surface area contributed by atoms with Crippen LogP contribution in [0, 0.1) is 0 Å². The number of benzene rings is 2. The summed E-state index contributed by atoms with van der Waals surface area (Å²) in [6.45, 7) is 6.66. The van der Waals surface area contributed by atoms with Crippen LogP contribution in [-0.4, -0.2) is 29.8 Å². The number of rotatable bonds is 11. The Morgan fingerprint density at radius 1 is 0.976 bits per heavy atom. The van der Waals surface area contributed by atoms with E-state index >= 15 is 0 Å². The Hall–Kier alpha value is -4.60. The molecule has 10 nitrogen and oxygen atoms in total. The molecule has 10 heteroatoms. The molecule has 6 rings (SSSR count). The summed E-state index contributed by atoms with van der Waals surface area (Å²) < 4.78 is 12.1. The molecule has 0 bridgehead atoms. The fraction of sp³-hybridized carbons (Fsp3) is 0.375. The van der Waals surface area contributed by atoms with Gasteiger partial charge in [-0.2, -0.15) is 4.98 Å². The maximum Gasteiger partial charge on any atom is 0.439 e.